The van der Waals surface area contributed by atoms with Crippen molar-refractivity contribution in [1.29, 1.82) is 0 Å². The molecule has 0 aromatic heterocycles. The van der Waals surface area contributed by atoms with Crippen LogP contribution in [0.3, 0.4) is 0 Å². The molecule has 1 aromatic rings. The van der Waals surface area contributed by atoms with E-state index < -0.39 is 17.6 Å². The molecular weight excluding hydrogens is 199 g/mol. The Labute approximate surface area is 86.8 Å². The molecule has 0 N–H and O–H groups in total. The zero-order valence-corrected chi connectivity index (χ0v) is 8.54. The quantitative estimate of drug-likeness (QED) is 0.702. The van der Waals surface area contributed by atoms with E-state index in [9.17, 15) is 9.18 Å². The number of carbonyl (C=O) groups is 1. The second kappa shape index (κ2) is 3.31. The van der Waals surface area contributed by atoms with E-state index in [-0.39, 0.29) is 0 Å². The zero-order valence-electron chi connectivity index (χ0n) is 8.54. The number of rotatable bonds is 2. The first-order valence-corrected chi connectivity index (χ1v) is 4.74. The summed E-state index contributed by atoms with van der Waals surface area (Å²) in [6, 6.07) is 3.92. The van der Waals surface area contributed by atoms with Gasteiger partial charge in [0.1, 0.15) is 5.82 Å². The van der Waals surface area contributed by atoms with Crippen LogP contribution in [0.4, 0.5) is 4.39 Å². The van der Waals surface area contributed by atoms with E-state index in [4.69, 9.17) is 9.47 Å². The predicted octanol–water partition coefficient (Wildman–Crippen LogP) is 2.21. The molecule has 2 rings (SSSR count). The molecule has 1 atom stereocenters. The van der Waals surface area contributed by atoms with Crippen molar-refractivity contribution >= 4 is 5.97 Å². The first-order valence-electron chi connectivity index (χ1n) is 4.74. The van der Waals surface area contributed by atoms with E-state index in [1.165, 1.54) is 18.2 Å². The Morgan fingerprint density at radius 3 is 2.93 bits per heavy atom. The Balaban J connectivity index is 2.52. The minimum atomic E-state index is -1.15. The van der Waals surface area contributed by atoms with Gasteiger partial charge in [0.15, 0.2) is 0 Å². The average molecular weight is 210 g/mol. The van der Waals surface area contributed by atoms with Crippen LogP contribution >= 0.6 is 0 Å². The fourth-order valence-electron chi connectivity index (χ4n) is 1.74. The van der Waals surface area contributed by atoms with Crippen LogP contribution in [0.1, 0.15) is 29.8 Å². The summed E-state index contributed by atoms with van der Waals surface area (Å²) in [4.78, 5) is 11.4. The van der Waals surface area contributed by atoms with Gasteiger partial charge in [-0.3, -0.25) is 0 Å². The summed E-state index contributed by atoms with van der Waals surface area (Å²) < 4.78 is 23.5. The van der Waals surface area contributed by atoms with Gasteiger partial charge in [0.2, 0.25) is 5.79 Å². The summed E-state index contributed by atoms with van der Waals surface area (Å²) in [5.41, 5.74) is 0.821. The van der Waals surface area contributed by atoms with Crippen molar-refractivity contribution < 1.29 is 18.7 Å². The number of hydrogen-bond acceptors (Lipinski definition) is 3. The highest BCUT2D eigenvalue weighted by atomic mass is 19.1. The van der Waals surface area contributed by atoms with Crippen LogP contribution in [0.5, 0.6) is 0 Å². The maximum atomic E-state index is 13.1. The van der Waals surface area contributed by atoms with Crippen molar-refractivity contribution in [3.8, 4) is 0 Å². The number of fused-ring (bicyclic) bond motifs is 1. The van der Waals surface area contributed by atoms with Crippen LogP contribution in [0, 0.1) is 5.82 Å². The number of benzene rings is 1. The number of cyclic esters (lactones) is 1. The lowest BCUT2D eigenvalue weighted by atomic mass is 10.0. The lowest BCUT2D eigenvalue weighted by Crippen LogP contribution is -2.25. The molecule has 80 valence electrons. The van der Waals surface area contributed by atoms with E-state index in [1.807, 2.05) is 0 Å². The highest BCUT2D eigenvalue weighted by Gasteiger charge is 2.42. The molecule has 1 heterocycles. The molecule has 4 heteroatoms. The molecule has 0 saturated carbocycles. The minimum absolute atomic E-state index is 0.368. The average Bonchev–Trinajstić information content (AvgIpc) is 2.39. The number of halogens is 1. The smallest absolute Gasteiger partial charge is 0.341 e. The van der Waals surface area contributed by atoms with Crippen molar-refractivity contribution in [3.05, 3.63) is 35.1 Å². The topological polar surface area (TPSA) is 35.5 Å². The first kappa shape index (κ1) is 10.1. The first-order chi connectivity index (χ1) is 7.07. The molecule has 15 heavy (non-hydrogen) atoms. The van der Waals surface area contributed by atoms with Crippen molar-refractivity contribution in [2.45, 2.75) is 19.6 Å². The molecule has 3 nitrogen and oxygen atoms in total. The highest BCUT2D eigenvalue weighted by molar-refractivity contribution is 5.94. The fraction of sp³-hybridized carbons (Fsp3) is 0.364. The second-order valence-corrected chi connectivity index (χ2v) is 3.46. The zero-order chi connectivity index (χ0) is 11.1. The Morgan fingerprint density at radius 1 is 1.53 bits per heavy atom. The van der Waals surface area contributed by atoms with Crippen LogP contribution in [0.15, 0.2) is 18.2 Å². The Kier molecular flexibility index (Phi) is 2.23. The Morgan fingerprint density at radius 2 is 2.27 bits per heavy atom. The summed E-state index contributed by atoms with van der Waals surface area (Å²) in [5.74, 6) is -2.03. The van der Waals surface area contributed by atoms with Gasteiger partial charge in [-0.15, -0.1) is 0 Å². The van der Waals surface area contributed by atoms with E-state index in [1.54, 1.807) is 13.8 Å². The van der Waals surface area contributed by atoms with Gasteiger partial charge in [-0.1, -0.05) is 0 Å². The third-order valence-electron chi connectivity index (χ3n) is 2.40. The van der Waals surface area contributed by atoms with Gasteiger partial charge in [-0.05, 0) is 25.1 Å². The normalized spacial score (nSPS) is 23.8. The standard InChI is InChI=1S/C11H11FO3/c1-3-14-11(2)9-6-7(12)4-5-8(9)10(13)15-11/h4-6H,3H2,1-2H3. The van der Waals surface area contributed by atoms with Crippen LogP contribution < -0.4 is 0 Å². The van der Waals surface area contributed by atoms with Crippen molar-refractivity contribution in [2.75, 3.05) is 6.61 Å². The lowest BCUT2D eigenvalue weighted by molar-refractivity contribution is -0.188. The third-order valence-corrected chi connectivity index (χ3v) is 2.40. The van der Waals surface area contributed by atoms with Gasteiger partial charge >= 0.3 is 5.97 Å². The van der Waals surface area contributed by atoms with Gasteiger partial charge < -0.3 is 9.47 Å². The van der Waals surface area contributed by atoms with Crippen molar-refractivity contribution in [1.82, 2.24) is 0 Å². The molecular formula is C11H11FO3. The molecule has 0 aliphatic carbocycles. The second-order valence-electron chi connectivity index (χ2n) is 3.46. The molecule has 0 saturated heterocycles. The summed E-state index contributed by atoms with van der Waals surface area (Å²) in [5, 5.41) is 0. The predicted molar refractivity (Wildman–Crippen MR) is 50.8 cm³/mol. The number of esters is 1. The summed E-state index contributed by atoms with van der Waals surface area (Å²) >= 11 is 0. The molecule has 1 unspecified atom stereocenters. The summed E-state index contributed by atoms with van der Waals surface area (Å²) in [6.45, 7) is 3.79. The maximum absolute atomic E-state index is 13.1. The number of hydrogen-bond donors (Lipinski definition) is 0. The Hall–Kier alpha value is -1.42. The Bertz CT molecular complexity index is 416. The number of carbonyl (C=O) groups excluding carboxylic acids is 1. The molecule has 1 aliphatic rings. The number of ether oxygens (including phenoxy) is 2. The van der Waals surface area contributed by atoms with Crippen LogP contribution in [-0.4, -0.2) is 12.6 Å². The van der Waals surface area contributed by atoms with E-state index in [2.05, 4.69) is 0 Å². The van der Waals surface area contributed by atoms with Gasteiger partial charge in [-0.2, -0.15) is 0 Å². The molecule has 0 bridgehead atoms. The van der Waals surface area contributed by atoms with Crippen LogP contribution in [0.25, 0.3) is 0 Å². The molecule has 0 spiro atoms. The van der Waals surface area contributed by atoms with Gasteiger partial charge in [0.25, 0.3) is 0 Å². The molecule has 0 radical (unpaired) electrons. The van der Waals surface area contributed by atoms with E-state index in [0.717, 1.165) is 0 Å². The van der Waals surface area contributed by atoms with Crippen molar-refractivity contribution in [3.63, 3.8) is 0 Å². The molecule has 1 aromatic carbocycles. The lowest BCUT2D eigenvalue weighted by Gasteiger charge is -2.23. The molecule has 0 fully saturated rings. The summed E-state index contributed by atoms with van der Waals surface area (Å²) in [7, 11) is 0. The van der Waals surface area contributed by atoms with Gasteiger partial charge in [0.05, 0.1) is 5.56 Å². The van der Waals surface area contributed by atoms with E-state index in [0.29, 0.717) is 17.7 Å². The third kappa shape index (κ3) is 1.51. The maximum Gasteiger partial charge on any atom is 0.341 e. The minimum Gasteiger partial charge on any atom is -0.425 e. The highest BCUT2D eigenvalue weighted by Crippen LogP contribution is 2.37. The van der Waals surface area contributed by atoms with Gasteiger partial charge in [-0.25, -0.2) is 9.18 Å². The monoisotopic (exact) mass is 210 g/mol. The molecule has 1 aliphatic heterocycles. The summed E-state index contributed by atoms with van der Waals surface area (Å²) in [6.07, 6.45) is 0. The fourth-order valence-corrected chi connectivity index (χ4v) is 1.74. The SMILES string of the molecule is CCOC1(C)OC(=O)c2ccc(F)cc21. The van der Waals surface area contributed by atoms with Gasteiger partial charge in [0, 0.05) is 19.1 Å². The van der Waals surface area contributed by atoms with E-state index >= 15 is 0 Å². The van der Waals surface area contributed by atoms with Crippen LogP contribution in [0.2, 0.25) is 0 Å². The molecule has 0 amide bonds. The van der Waals surface area contributed by atoms with Crippen LogP contribution in [-0.2, 0) is 15.3 Å². The van der Waals surface area contributed by atoms with Crippen molar-refractivity contribution in [2.24, 2.45) is 0 Å². The largest absolute Gasteiger partial charge is 0.425 e.